The van der Waals surface area contributed by atoms with Crippen molar-refractivity contribution in [1.29, 1.82) is 0 Å². The molecule has 4 aromatic rings. The van der Waals surface area contributed by atoms with E-state index in [1.807, 2.05) is 25.1 Å². The van der Waals surface area contributed by atoms with Gasteiger partial charge in [-0.3, -0.25) is 9.78 Å². The number of aryl methyl sites for hydroxylation is 1. The number of carbonyl (C=O) groups is 1. The van der Waals surface area contributed by atoms with Gasteiger partial charge in [0.2, 0.25) is 0 Å². The van der Waals surface area contributed by atoms with Gasteiger partial charge in [0.05, 0.1) is 18.8 Å². The molecule has 1 aliphatic rings. The predicted octanol–water partition coefficient (Wildman–Crippen LogP) is 4.95. The largest absolute Gasteiger partial charge is 0.368 e. The summed E-state index contributed by atoms with van der Waals surface area (Å²) in [5.74, 6) is -0.761. The summed E-state index contributed by atoms with van der Waals surface area (Å²) in [6, 6.07) is 16.7. The molecule has 3 heterocycles. The first-order valence-electron chi connectivity index (χ1n) is 10.9. The van der Waals surface area contributed by atoms with Gasteiger partial charge in [-0.15, -0.1) is 0 Å². The number of ether oxygens (including phenoxy) is 1. The maximum atomic E-state index is 14.1. The Balaban J connectivity index is 1.36. The second-order valence-corrected chi connectivity index (χ2v) is 8.34. The van der Waals surface area contributed by atoms with Gasteiger partial charge in [-0.05, 0) is 60.5 Å². The Morgan fingerprint density at radius 3 is 2.85 bits per heavy atom. The van der Waals surface area contributed by atoms with Crippen LogP contribution in [0.3, 0.4) is 0 Å². The molecule has 1 saturated heterocycles. The van der Waals surface area contributed by atoms with Crippen molar-refractivity contribution in [1.82, 2.24) is 14.9 Å². The molecular formula is C26H23F2N3O2. The molecule has 1 N–H and O–H groups in total. The molecule has 0 radical (unpaired) electrons. The maximum absolute atomic E-state index is 14.1. The highest BCUT2D eigenvalue weighted by Crippen LogP contribution is 2.25. The van der Waals surface area contributed by atoms with E-state index in [0.717, 1.165) is 22.3 Å². The Kier molecular flexibility index (Phi) is 5.64. The SMILES string of the molecule is Cc1cc(Cc2ccccc2F)cc(C2CN(C(=O)c3cc4ccc(F)cc4[nH]3)CCO2)n1. The number of amides is 1. The average Bonchev–Trinajstić information content (AvgIpc) is 3.23. The number of rotatable bonds is 4. The van der Waals surface area contributed by atoms with Gasteiger partial charge in [0, 0.05) is 29.6 Å². The molecule has 0 saturated carbocycles. The quantitative estimate of drug-likeness (QED) is 0.481. The Labute approximate surface area is 190 Å². The summed E-state index contributed by atoms with van der Waals surface area (Å²) < 4.78 is 33.6. The normalized spacial score (nSPS) is 16.3. The molecule has 0 aliphatic carbocycles. The van der Waals surface area contributed by atoms with E-state index in [1.54, 1.807) is 29.2 Å². The van der Waals surface area contributed by atoms with Crippen molar-refractivity contribution in [2.75, 3.05) is 19.7 Å². The van der Waals surface area contributed by atoms with E-state index < -0.39 is 0 Å². The standard InChI is InChI=1S/C26H23F2N3O2/c1-16-10-17(11-18-4-2-3-5-21(18)28)12-23(29-16)25-15-31(8-9-33-25)26(32)24-13-19-6-7-20(27)14-22(19)30-24/h2-7,10,12-14,25,30H,8-9,11,15H2,1H3. The lowest BCUT2D eigenvalue weighted by molar-refractivity contribution is -0.0249. The molecule has 1 unspecified atom stereocenters. The van der Waals surface area contributed by atoms with Crippen LogP contribution in [0.4, 0.5) is 8.78 Å². The van der Waals surface area contributed by atoms with E-state index >= 15 is 0 Å². The number of nitrogens with zero attached hydrogens (tertiary/aromatic N) is 2. The van der Waals surface area contributed by atoms with Crippen LogP contribution < -0.4 is 0 Å². The molecule has 5 nitrogen and oxygen atoms in total. The Hall–Kier alpha value is -3.58. The zero-order valence-electron chi connectivity index (χ0n) is 18.1. The van der Waals surface area contributed by atoms with Crippen LogP contribution in [-0.2, 0) is 11.2 Å². The molecule has 0 spiro atoms. The summed E-state index contributed by atoms with van der Waals surface area (Å²) in [6.07, 6.45) is 0.0631. The first kappa shape index (κ1) is 21.3. The molecule has 1 atom stereocenters. The van der Waals surface area contributed by atoms with Crippen molar-refractivity contribution in [3.63, 3.8) is 0 Å². The number of fused-ring (bicyclic) bond motifs is 1. The van der Waals surface area contributed by atoms with Crippen molar-refractivity contribution < 1.29 is 18.3 Å². The number of benzene rings is 2. The predicted molar refractivity (Wildman–Crippen MR) is 121 cm³/mol. The number of halogens is 2. The topological polar surface area (TPSA) is 58.2 Å². The first-order valence-corrected chi connectivity index (χ1v) is 10.9. The first-order chi connectivity index (χ1) is 16.0. The molecule has 5 rings (SSSR count). The minimum atomic E-state index is -0.385. The molecule has 1 fully saturated rings. The van der Waals surface area contributed by atoms with Crippen LogP contribution in [0, 0.1) is 18.6 Å². The van der Waals surface area contributed by atoms with Crippen molar-refractivity contribution in [2.24, 2.45) is 0 Å². The van der Waals surface area contributed by atoms with Crippen molar-refractivity contribution in [3.05, 3.63) is 101 Å². The van der Waals surface area contributed by atoms with Crippen LogP contribution in [0.5, 0.6) is 0 Å². The molecule has 33 heavy (non-hydrogen) atoms. The Bertz CT molecular complexity index is 1330. The third kappa shape index (κ3) is 4.50. The van der Waals surface area contributed by atoms with E-state index in [-0.39, 0.29) is 23.6 Å². The Morgan fingerprint density at radius 2 is 2.00 bits per heavy atom. The summed E-state index contributed by atoms with van der Waals surface area (Å²) in [4.78, 5) is 22.5. The lowest BCUT2D eigenvalue weighted by atomic mass is 10.0. The van der Waals surface area contributed by atoms with Crippen LogP contribution in [0.1, 0.15) is 39.1 Å². The highest BCUT2D eigenvalue weighted by atomic mass is 19.1. The van der Waals surface area contributed by atoms with Gasteiger partial charge in [-0.25, -0.2) is 8.78 Å². The molecule has 2 aromatic heterocycles. The summed E-state index contributed by atoms with van der Waals surface area (Å²) >= 11 is 0. The van der Waals surface area contributed by atoms with E-state index in [9.17, 15) is 13.6 Å². The average molecular weight is 447 g/mol. The number of pyridine rings is 1. The summed E-state index contributed by atoms with van der Waals surface area (Å²) in [5, 5.41) is 0.780. The van der Waals surface area contributed by atoms with Crippen LogP contribution in [0.2, 0.25) is 0 Å². The highest BCUT2D eigenvalue weighted by Gasteiger charge is 2.28. The number of carbonyl (C=O) groups excluding carboxylic acids is 1. The number of hydrogen-bond acceptors (Lipinski definition) is 3. The lowest BCUT2D eigenvalue weighted by Gasteiger charge is -2.32. The zero-order valence-corrected chi connectivity index (χ0v) is 18.1. The fraction of sp³-hybridized carbons (Fsp3) is 0.231. The van der Waals surface area contributed by atoms with Crippen LogP contribution in [0.15, 0.2) is 60.7 Å². The van der Waals surface area contributed by atoms with E-state index in [2.05, 4.69) is 9.97 Å². The van der Waals surface area contributed by atoms with Gasteiger partial charge < -0.3 is 14.6 Å². The van der Waals surface area contributed by atoms with Gasteiger partial charge >= 0.3 is 0 Å². The molecule has 1 aliphatic heterocycles. The molecular weight excluding hydrogens is 424 g/mol. The second-order valence-electron chi connectivity index (χ2n) is 8.34. The van der Waals surface area contributed by atoms with Gasteiger partial charge in [0.15, 0.2) is 0 Å². The Morgan fingerprint density at radius 1 is 1.15 bits per heavy atom. The van der Waals surface area contributed by atoms with Crippen LogP contribution >= 0.6 is 0 Å². The van der Waals surface area contributed by atoms with E-state index in [4.69, 9.17) is 4.74 Å². The molecule has 7 heteroatoms. The number of morpholine rings is 1. The lowest BCUT2D eigenvalue weighted by Crippen LogP contribution is -2.42. The minimum Gasteiger partial charge on any atom is -0.368 e. The van der Waals surface area contributed by atoms with Crippen molar-refractivity contribution >= 4 is 16.8 Å². The number of nitrogens with one attached hydrogen (secondary N) is 1. The van der Waals surface area contributed by atoms with Gasteiger partial charge in [-0.1, -0.05) is 18.2 Å². The second kappa shape index (κ2) is 8.75. The summed E-state index contributed by atoms with van der Waals surface area (Å²) in [7, 11) is 0. The third-order valence-electron chi connectivity index (χ3n) is 5.88. The maximum Gasteiger partial charge on any atom is 0.270 e. The summed E-state index contributed by atoms with van der Waals surface area (Å²) in [6.45, 7) is 3.07. The molecule has 2 aromatic carbocycles. The number of aromatic nitrogens is 2. The van der Waals surface area contributed by atoms with Gasteiger partial charge in [-0.2, -0.15) is 0 Å². The zero-order chi connectivity index (χ0) is 22.9. The van der Waals surface area contributed by atoms with Gasteiger partial charge in [0.25, 0.3) is 5.91 Å². The molecule has 168 valence electrons. The van der Waals surface area contributed by atoms with Crippen LogP contribution in [0.25, 0.3) is 10.9 Å². The minimum absolute atomic E-state index is 0.167. The van der Waals surface area contributed by atoms with Crippen molar-refractivity contribution in [3.8, 4) is 0 Å². The van der Waals surface area contributed by atoms with Crippen LogP contribution in [-0.4, -0.2) is 40.5 Å². The molecule has 1 amide bonds. The monoisotopic (exact) mass is 447 g/mol. The van der Waals surface area contributed by atoms with E-state index in [1.165, 1.54) is 18.2 Å². The molecule has 0 bridgehead atoms. The summed E-state index contributed by atoms with van der Waals surface area (Å²) in [5.41, 5.74) is 4.08. The third-order valence-corrected chi connectivity index (χ3v) is 5.88. The highest BCUT2D eigenvalue weighted by molar-refractivity contribution is 5.98. The number of hydrogen-bond donors (Lipinski definition) is 1. The van der Waals surface area contributed by atoms with E-state index in [0.29, 0.717) is 42.9 Å². The number of H-pyrrole nitrogens is 1. The fourth-order valence-electron chi connectivity index (χ4n) is 4.29. The fourth-order valence-corrected chi connectivity index (χ4v) is 4.29. The smallest absolute Gasteiger partial charge is 0.270 e. The number of aromatic amines is 1. The van der Waals surface area contributed by atoms with Crippen molar-refractivity contribution in [2.45, 2.75) is 19.4 Å². The van der Waals surface area contributed by atoms with Gasteiger partial charge in [0.1, 0.15) is 23.4 Å².